The van der Waals surface area contributed by atoms with Gasteiger partial charge in [0.2, 0.25) is 0 Å². The SMILES string of the molecule is O=C(/C=C/c1c(Cl)cccc1Cl)NOCC(F)(F)F. The number of nitrogens with one attached hydrogen (secondary N) is 1. The van der Waals surface area contributed by atoms with Gasteiger partial charge in [-0.3, -0.25) is 9.63 Å². The molecule has 19 heavy (non-hydrogen) atoms. The first-order valence-corrected chi connectivity index (χ1v) is 5.66. The first-order chi connectivity index (χ1) is 8.79. The van der Waals surface area contributed by atoms with Crippen molar-refractivity contribution in [2.24, 2.45) is 0 Å². The number of amides is 1. The molecule has 0 heterocycles. The average molecular weight is 314 g/mol. The molecule has 0 atom stereocenters. The fraction of sp³-hybridized carbons (Fsp3) is 0.182. The van der Waals surface area contributed by atoms with Crippen molar-refractivity contribution in [3.05, 3.63) is 39.9 Å². The van der Waals surface area contributed by atoms with Gasteiger partial charge in [-0.1, -0.05) is 29.3 Å². The predicted octanol–water partition coefficient (Wildman–Crippen LogP) is 3.62. The van der Waals surface area contributed by atoms with Crippen LogP contribution in [0, 0.1) is 0 Å². The Morgan fingerprint density at radius 3 is 2.42 bits per heavy atom. The van der Waals surface area contributed by atoms with Crippen LogP contribution in [0.4, 0.5) is 13.2 Å². The van der Waals surface area contributed by atoms with E-state index in [1.165, 1.54) is 6.08 Å². The Bertz CT molecular complexity index is 469. The largest absolute Gasteiger partial charge is 0.414 e. The zero-order chi connectivity index (χ0) is 14.5. The van der Waals surface area contributed by atoms with E-state index in [0.717, 1.165) is 6.08 Å². The number of hydrogen-bond acceptors (Lipinski definition) is 2. The van der Waals surface area contributed by atoms with Gasteiger partial charge >= 0.3 is 6.18 Å². The van der Waals surface area contributed by atoms with Gasteiger partial charge < -0.3 is 0 Å². The van der Waals surface area contributed by atoms with Gasteiger partial charge in [0.1, 0.15) is 0 Å². The summed E-state index contributed by atoms with van der Waals surface area (Å²) < 4.78 is 35.2. The van der Waals surface area contributed by atoms with Gasteiger partial charge in [0.15, 0.2) is 6.61 Å². The second-order valence-corrected chi connectivity index (χ2v) is 4.15. The van der Waals surface area contributed by atoms with Crippen LogP contribution in [-0.4, -0.2) is 18.7 Å². The highest BCUT2D eigenvalue weighted by Gasteiger charge is 2.28. The Kier molecular flexibility index (Phi) is 5.65. The summed E-state index contributed by atoms with van der Waals surface area (Å²) in [5.41, 5.74) is 2.00. The Morgan fingerprint density at radius 1 is 1.32 bits per heavy atom. The molecule has 8 heteroatoms. The van der Waals surface area contributed by atoms with Crippen molar-refractivity contribution in [2.75, 3.05) is 6.61 Å². The highest BCUT2D eigenvalue weighted by Crippen LogP contribution is 2.25. The van der Waals surface area contributed by atoms with E-state index in [9.17, 15) is 18.0 Å². The molecule has 0 unspecified atom stereocenters. The Labute approximate surface area is 116 Å². The standard InChI is InChI=1S/C11H8Cl2F3NO2/c12-8-2-1-3-9(13)7(8)4-5-10(18)17-19-6-11(14,15)16/h1-5H,6H2,(H,17,18)/b5-4+. The van der Waals surface area contributed by atoms with E-state index in [2.05, 4.69) is 4.84 Å². The maximum absolute atomic E-state index is 11.7. The van der Waals surface area contributed by atoms with Gasteiger partial charge in [-0.15, -0.1) is 0 Å². The molecule has 0 radical (unpaired) electrons. The molecule has 1 rings (SSSR count). The van der Waals surface area contributed by atoms with Crippen LogP contribution in [0.25, 0.3) is 6.08 Å². The van der Waals surface area contributed by atoms with E-state index in [4.69, 9.17) is 23.2 Å². The normalized spacial score (nSPS) is 11.8. The van der Waals surface area contributed by atoms with Crippen LogP contribution < -0.4 is 5.48 Å². The molecule has 0 aliphatic rings. The van der Waals surface area contributed by atoms with Crippen LogP contribution >= 0.6 is 23.2 Å². The summed E-state index contributed by atoms with van der Waals surface area (Å²) in [5.74, 6) is -0.861. The van der Waals surface area contributed by atoms with Gasteiger partial charge in [0.25, 0.3) is 5.91 Å². The Hall–Kier alpha value is -1.24. The molecule has 0 bridgehead atoms. The van der Waals surface area contributed by atoms with Crippen molar-refractivity contribution in [2.45, 2.75) is 6.18 Å². The van der Waals surface area contributed by atoms with Crippen molar-refractivity contribution in [1.29, 1.82) is 0 Å². The first kappa shape index (κ1) is 15.8. The predicted molar refractivity (Wildman–Crippen MR) is 65.6 cm³/mol. The lowest BCUT2D eigenvalue weighted by molar-refractivity contribution is -0.190. The average Bonchev–Trinajstić information content (AvgIpc) is 2.26. The van der Waals surface area contributed by atoms with Gasteiger partial charge in [-0.05, 0) is 18.2 Å². The molecule has 3 nitrogen and oxygen atoms in total. The molecule has 104 valence electrons. The molecule has 0 saturated heterocycles. The zero-order valence-corrected chi connectivity index (χ0v) is 10.8. The maximum atomic E-state index is 11.7. The van der Waals surface area contributed by atoms with Crippen molar-refractivity contribution in [3.63, 3.8) is 0 Å². The molecule has 1 aromatic carbocycles. The van der Waals surface area contributed by atoms with Gasteiger partial charge in [-0.25, -0.2) is 5.48 Å². The molecule has 0 spiro atoms. The van der Waals surface area contributed by atoms with Crippen LogP contribution in [0.1, 0.15) is 5.56 Å². The number of carbonyl (C=O) groups is 1. The lowest BCUT2D eigenvalue weighted by Gasteiger charge is -2.06. The molecular weight excluding hydrogens is 306 g/mol. The Morgan fingerprint density at radius 2 is 1.89 bits per heavy atom. The molecule has 0 saturated carbocycles. The van der Waals surface area contributed by atoms with Gasteiger partial charge in [-0.2, -0.15) is 13.2 Å². The number of benzene rings is 1. The molecule has 1 amide bonds. The maximum Gasteiger partial charge on any atom is 0.414 e. The van der Waals surface area contributed by atoms with Crippen molar-refractivity contribution < 1.29 is 22.8 Å². The molecule has 1 aromatic rings. The second-order valence-electron chi connectivity index (χ2n) is 3.34. The third-order valence-corrected chi connectivity index (χ3v) is 2.47. The number of hydrogen-bond donors (Lipinski definition) is 1. The number of alkyl halides is 3. The lowest BCUT2D eigenvalue weighted by Crippen LogP contribution is -2.28. The van der Waals surface area contributed by atoms with Crippen molar-refractivity contribution in [3.8, 4) is 0 Å². The number of rotatable bonds is 4. The minimum atomic E-state index is -4.51. The summed E-state index contributed by atoms with van der Waals surface area (Å²) in [6.45, 7) is -1.57. The third kappa shape index (κ3) is 5.96. The summed E-state index contributed by atoms with van der Waals surface area (Å²) in [6.07, 6.45) is -2.27. The van der Waals surface area contributed by atoms with Crippen LogP contribution in [0.15, 0.2) is 24.3 Å². The van der Waals surface area contributed by atoms with Gasteiger partial charge in [0.05, 0.1) is 0 Å². The highest BCUT2D eigenvalue weighted by molar-refractivity contribution is 6.37. The Balaban J connectivity index is 2.55. The first-order valence-electron chi connectivity index (χ1n) is 4.90. The molecular formula is C11H8Cl2F3NO2. The smallest absolute Gasteiger partial charge is 0.268 e. The van der Waals surface area contributed by atoms with Crippen LogP contribution in [0.5, 0.6) is 0 Å². The monoisotopic (exact) mass is 313 g/mol. The van der Waals surface area contributed by atoms with Crippen LogP contribution in [-0.2, 0) is 9.63 Å². The second kappa shape index (κ2) is 6.79. The summed E-state index contributed by atoms with van der Waals surface area (Å²) in [5, 5.41) is 0.625. The topological polar surface area (TPSA) is 38.3 Å². The summed E-state index contributed by atoms with van der Waals surface area (Å²) >= 11 is 11.7. The zero-order valence-electron chi connectivity index (χ0n) is 9.30. The highest BCUT2D eigenvalue weighted by atomic mass is 35.5. The van der Waals surface area contributed by atoms with Gasteiger partial charge in [0, 0.05) is 21.7 Å². The van der Waals surface area contributed by atoms with Crippen molar-refractivity contribution in [1.82, 2.24) is 5.48 Å². The number of halogens is 5. The quantitative estimate of drug-likeness (QED) is 0.681. The molecule has 0 fully saturated rings. The van der Waals surface area contributed by atoms with Crippen LogP contribution in [0.3, 0.4) is 0 Å². The minimum absolute atomic E-state index is 0.313. The third-order valence-electron chi connectivity index (χ3n) is 1.81. The van der Waals surface area contributed by atoms with E-state index >= 15 is 0 Å². The molecule has 1 N–H and O–H groups in total. The van der Waals surface area contributed by atoms with Crippen LogP contribution in [0.2, 0.25) is 10.0 Å². The van der Waals surface area contributed by atoms with E-state index < -0.39 is 18.7 Å². The minimum Gasteiger partial charge on any atom is -0.268 e. The fourth-order valence-corrected chi connectivity index (χ4v) is 1.58. The molecule has 0 aromatic heterocycles. The summed E-state index contributed by atoms with van der Waals surface area (Å²) in [7, 11) is 0. The molecule has 0 aliphatic carbocycles. The molecule has 0 aliphatic heterocycles. The van der Waals surface area contributed by atoms with E-state index in [1.54, 1.807) is 23.7 Å². The number of carbonyl (C=O) groups excluding carboxylic acids is 1. The van der Waals surface area contributed by atoms with E-state index in [-0.39, 0.29) is 0 Å². The van der Waals surface area contributed by atoms with E-state index in [1.807, 2.05) is 0 Å². The summed E-state index contributed by atoms with van der Waals surface area (Å²) in [6, 6.07) is 4.74. The fourth-order valence-electron chi connectivity index (χ4n) is 1.05. The van der Waals surface area contributed by atoms with Crippen molar-refractivity contribution >= 4 is 35.2 Å². The van der Waals surface area contributed by atoms with E-state index in [0.29, 0.717) is 15.6 Å². The summed E-state index contributed by atoms with van der Waals surface area (Å²) in [4.78, 5) is 15.1. The number of hydroxylamine groups is 1. The lowest BCUT2D eigenvalue weighted by atomic mass is 10.2.